The zero-order chi connectivity index (χ0) is 15.4. The smallest absolute Gasteiger partial charge is 0.143 e. The number of benzene rings is 1. The predicted molar refractivity (Wildman–Crippen MR) is 85.6 cm³/mol. The summed E-state index contributed by atoms with van der Waals surface area (Å²) in [6, 6.07) is 8.55. The third kappa shape index (κ3) is 4.03. The Balaban J connectivity index is 1.98. The van der Waals surface area contributed by atoms with Gasteiger partial charge in [0.2, 0.25) is 0 Å². The maximum absolute atomic E-state index is 12.2. The molecule has 1 aromatic heterocycles. The average molecular weight is 284 g/mol. The van der Waals surface area contributed by atoms with Gasteiger partial charge in [0, 0.05) is 18.7 Å². The summed E-state index contributed by atoms with van der Waals surface area (Å²) >= 11 is 0. The molecule has 0 fully saturated rings. The molecule has 21 heavy (non-hydrogen) atoms. The fraction of sp³-hybridized carbons (Fsp3) is 0.444. The molecule has 0 radical (unpaired) electrons. The highest BCUT2D eigenvalue weighted by Crippen LogP contribution is 2.13. The Kier molecular flexibility index (Phi) is 4.94. The van der Waals surface area contributed by atoms with Gasteiger partial charge in [-0.15, -0.1) is 0 Å². The summed E-state index contributed by atoms with van der Waals surface area (Å²) in [6.45, 7) is 8.43. The number of rotatable bonds is 6. The van der Waals surface area contributed by atoms with Crippen LogP contribution >= 0.6 is 0 Å². The minimum Gasteiger partial charge on any atom is -0.299 e. The number of aryl methyl sites for hydroxylation is 2. The summed E-state index contributed by atoms with van der Waals surface area (Å²) in [5, 5.41) is 4.49. The number of ketones is 1. The highest BCUT2D eigenvalue weighted by atomic mass is 16.1. The first-order chi connectivity index (χ1) is 9.99. The Labute approximate surface area is 127 Å². The van der Waals surface area contributed by atoms with Crippen LogP contribution in [0, 0.1) is 13.8 Å². The van der Waals surface area contributed by atoms with Crippen molar-refractivity contribution in [3.63, 3.8) is 0 Å². The van der Waals surface area contributed by atoms with Crippen molar-refractivity contribution < 1.29 is 4.79 Å². The first-order valence-electron chi connectivity index (χ1n) is 7.61. The van der Waals surface area contributed by atoms with E-state index in [1.807, 2.05) is 23.0 Å². The Morgan fingerprint density at radius 3 is 2.62 bits per heavy atom. The molecule has 0 aliphatic rings. The number of hydrogen-bond acceptors (Lipinski definition) is 2. The normalized spacial score (nSPS) is 12.4. The SMILES string of the molecule is CCC(C)n1ccc(CC(=O)Cc2ccc(C)c(C)c2)n1. The third-order valence-electron chi connectivity index (χ3n) is 4.06. The van der Waals surface area contributed by atoms with Crippen LogP contribution in [0.5, 0.6) is 0 Å². The molecule has 3 heteroatoms. The van der Waals surface area contributed by atoms with Gasteiger partial charge in [-0.1, -0.05) is 25.1 Å². The van der Waals surface area contributed by atoms with Crippen LogP contribution in [-0.4, -0.2) is 15.6 Å². The first kappa shape index (κ1) is 15.5. The number of aromatic nitrogens is 2. The highest BCUT2D eigenvalue weighted by molar-refractivity contribution is 5.82. The molecule has 0 bridgehead atoms. The number of Topliss-reactive ketones (excluding diaryl/α,β-unsaturated/α-hetero) is 1. The third-order valence-corrected chi connectivity index (χ3v) is 4.06. The largest absolute Gasteiger partial charge is 0.299 e. The molecular weight excluding hydrogens is 260 g/mol. The van der Waals surface area contributed by atoms with E-state index in [1.165, 1.54) is 11.1 Å². The van der Waals surface area contributed by atoms with Crippen molar-refractivity contribution in [2.45, 2.75) is 53.0 Å². The van der Waals surface area contributed by atoms with Crippen LogP contribution in [0.1, 0.15) is 48.7 Å². The van der Waals surface area contributed by atoms with Gasteiger partial charge in [-0.2, -0.15) is 5.10 Å². The molecule has 0 aliphatic heterocycles. The number of carbonyl (C=O) groups is 1. The second kappa shape index (κ2) is 6.70. The molecule has 1 aromatic carbocycles. The van der Waals surface area contributed by atoms with E-state index in [4.69, 9.17) is 0 Å². The number of carbonyl (C=O) groups excluding carboxylic acids is 1. The molecule has 2 rings (SSSR count). The molecule has 0 N–H and O–H groups in total. The van der Waals surface area contributed by atoms with E-state index >= 15 is 0 Å². The lowest BCUT2D eigenvalue weighted by molar-refractivity contribution is -0.117. The molecule has 1 unspecified atom stereocenters. The molecule has 3 nitrogen and oxygen atoms in total. The minimum absolute atomic E-state index is 0.215. The van der Waals surface area contributed by atoms with Crippen LogP contribution in [0.25, 0.3) is 0 Å². The predicted octanol–water partition coefficient (Wildman–Crippen LogP) is 3.83. The van der Waals surface area contributed by atoms with Gasteiger partial charge in [-0.25, -0.2) is 0 Å². The number of nitrogens with zero attached hydrogens (tertiary/aromatic N) is 2. The van der Waals surface area contributed by atoms with Gasteiger partial charge in [0.05, 0.1) is 12.1 Å². The summed E-state index contributed by atoms with van der Waals surface area (Å²) in [5.41, 5.74) is 4.45. The second-order valence-electron chi connectivity index (χ2n) is 5.86. The van der Waals surface area contributed by atoms with Crippen LogP contribution in [0.3, 0.4) is 0 Å². The standard InChI is InChI=1S/C18H24N2O/c1-5-15(4)20-9-8-17(19-20)12-18(21)11-16-7-6-13(2)14(3)10-16/h6-10,15H,5,11-12H2,1-4H3. The van der Waals surface area contributed by atoms with E-state index < -0.39 is 0 Å². The van der Waals surface area contributed by atoms with Crippen LogP contribution < -0.4 is 0 Å². The summed E-state index contributed by atoms with van der Waals surface area (Å²) in [7, 11) is 0. The molecule has 1 atom stereocenters. The van der Waals surface area contributed by atoms with Crippen molar-refractivity contribution >= 4 is 5.78 Å². The topological polar surface area (TPSA) is 34.9 Å². The maximum atomic E-state index is 12.2. The number of hydrogen-bond donors (Lipinski definition) is 0. The van der Waals surface area contributed by atoms with Gasteiger partial charge < -0.3 is 0 Å². The van der Waals surface area contributed by atoms with E-state index in [2.05, 4.69) is 44.9 Å². The Morgan fingerprint density at radius 1 is 1.19 bits per heavy atom. The molecule has 0 saturated carbocycles. The molecule has 0 aliphatic carbocycles. The van der Waals surface area contributed by atoms with Crippen molar-refractivity contribution in [2.24, 2.45) is 0 Å². The van der Waals surface area contributed by atoms with E-state index in [0.717, 1.165) is 17.7 Å². The summed E-state index contributed by atoms with van der Waals surface area (Å²) in [5.74, 6) is 0.215. The summed E-state index contributed by atoms with van der Waals surface area (Å²) in [6.07, 6.45) is 3.90. The van der Waals surface area contributed by atoms with Gasteiger partial charge in [-0.3, -0.25) is 9.48 Å². The van der Waals surface area contributed by atoms with Crippen molar-refractivity contribution in [3.05, 3.63) is 52.8 Å². The van der Waals surface area contributed by atoms with Gasteiger partial charge in [0.1, 0.15) is 5.78 Å². The lowest BCUT2D eigenvalue weighted by atomic mass is 10.0. The van der Waals surface area contributed by atoms with Crippen molar-refractivity contribution in [3.8, 4) is 0 Å². The quantitative estimate of drug-likeness (QED) is 0.808. The zero-order valence-corrected chi connectivity index (χ0v) is 13.4. The van der Waals surface area contributed by atoms with Crippen molar-refractivity contribution in [2.75, 3.05) is 0 Å². The van der Waals surface area contributed by atoms with E-state index in [9.17, 15) is 4.79 Å². The molecule has 0 saturated heterocycles. The van der Waals surface area contributed by atoms with E-state index in [1.54, 1.807) is 0 Å². The van der Waals surface area contributed by atoms with Crippen LogP contribution in [0.15, 0.2) is 30.5 Å². The van der Waals surface area contributed by atoms with Crippen molar-refractivity contribution in [1.82, 2.24) is 9.78 Å². The molecule has 112 valence electrons. The van der Waals surface area contributed by atoms with Gasteiger partial charge in [0.15, 0.2) is 0 Å². The van der Waals surface area contributed by atoms with Crippen LogP contribution in [-0.2, 0) is 17.6 Å². The molecular formula is C18H24N2O. The van der Waals surface area contributed by atoms with Crippen molar-refractivity contribution in [1.29, 1.82) is 0 Å². The van der Waals surface area contributed by atoms with Gasteiger partial charge >= 0.3 is 0 Å². The molecule has 0 amide bonds. The minimum atomic E-state index is 0.215. The Morgan fingerprint density at radius 2 is 1.95 bits per heavy atom. The second-order valence-corrected chi connectivity index (χ2v) is 5.86. The maximum Gasteiger partial charge on any atom is 0.143 e. The zero-order valence-electron chi connectivity index (χ0n) is 13.4. The Hall–Kier alpha value is -1.90. The lowest BCUT2D eigenvalue weighted by Gasteiger charge is -2.08. The summed E-state index contributed by atoms with van der Waals surface area (Å²) in [4.78, 5) is 12.2. The Bertz CT molecular complexity index is 628. The molecule has 2 aromatic rings. The van der Waals surface area contributed by atoms with Gasteiger partial charge in [0.25, 0.3) is 0 Å². The fourth-order valence-electron chi connectivity index (χ4n) is 2.31. The lowest BCUT2D eigenvalue weighted by Crippen LogP contribution is -2.09. The summed E-state index contributed by atoms with van der Waals surface area (Å²) < 4.78 is 1.94. The monoisotopic (exact) mass is 284 g/mol. The van der Waals surface area contributed by atoms with E-state index in [-0.39, 0.29) is 5.78 Å². The van der Waals surface area contributed by atoms with Crippen LogP contribution in [0.4, 0.5) is 0 Å². The highest BCUT2D eigenvalue weighted by Gasteiger charge is 2.10. The van der Waals surface area contributed by atoms with Crippen LogP contribution in [0.2, 0.25) is 0 Å². The first-order valence-corrected chi connectivity index (χ1v) is 7.61. The fourth-order valence-corrected chi connectivity index (χ4v) is 2.31. The van der Waals surface area contributed by atoms with Gasteiger partial charge in [-0.05, 0) is 49.9 Å². The molecule has 1 heterocycles. The van der Waals surface area contributed by atoms with E-state index in [0.29, 0.717) is 18.9 Å². The molecule has 0 spiro atoms. The average Bonchev–Trinajstić information content (AvgIpc) is 2.90.